The molecular weight excluding hydrogens is 238 g/mol. The summed E-state index contributed by atoms with van der Waals surface area (Å²) in [6.45, 7) is 2.15. The number of nitrogens with two attached hydrogens (primary N) is 1. The number of anilines is 2. The Bertz CT molecular complexity index is 574. The van der Waals surface area contributed by atoms with Crippen molar-refractivity contribution in [3.63, 3.8) is 0 Å². The molecule has 19 heavy (non-hydrogen) atoms. The van der Waals surface area contributed by atoms with Crippen LogP contribution < -0.4 is 10.6 Å². The van der Waals surface area contributed by atoms with Crippen LogP contribution in [0.5, 0.6) is 0 Å². The zero-order valence-corrected chi connectivity index (χ0v) is 11.6. The van der Waals surface area contributed by atoms with Crippen LogP contribution in [0.25, 0.3) is 11.0 Å². The third-order valence-electron chi connectivity index (χ3n) is 3.72. The molecule has 0 saturated carbocycles. The number of rotatable bonds is 3. The summed E-state index contributed by atoms with van der Waals surface area (Å²) in [7, 11) is 4.24. The van der Waals surface area contributed by atoms with Crippen LogP contribution in [0, 0.1) is 0 Å². The van der Waals surface area contributed by atoms with E-state index >= 15 is 0 Å². The van der Waals surface area contributed by atoms with Crippen LogP contribution in [-0.2, 0) is 0 Å². The summed E-state index contributed by atoms with van der Waals surface area (Å²) in [6.07, 6.45) is 2.47. The highest BCUT2D eigenvalue weighted by Gasteiger charge is 2.27. The number of imidazole rings is 1. The first-order chi connectivity index (χ1) is 9.13. The van der Waals surface area contributed by atoms with Crippen molar-refractivity contribution in [3.05, 3.63) is 18.2 Å². The molecule has 2 aromatic rings. The second kappa shape index (κ2) is 4.74. The highest BCUT2D eigenvalue weighted by molar-refractivity contribution is 5.81. The fourth-order valence-electron chi connectivity index (χ4n) is 2.88. The monoisotopic (exact) mass is 259 g/mol. The van der Waals surface area contributed by atoms with Crippen molar-refractivity contribution >= 4 is 22.7 Å². The number of fused-ring (bicyclic) bond motifs is 1. The van der Waals surface area contributed by atoms with Crippen molar-refractivity contribution in [2.24, 2.45) is 0 Å². The summed E-state index contributed by atoms with van der Waals surface area (Å²) in [5, 5.41) is 0. The van der Waals surface area contributed by atoms with Crippen LogP contribution in [0.1, 0.15) is 12.8 Å². The Kier molecular flexibility index (Phi) is 3.06. The highest BCUT2D eigenvalue weighted by Crippen LogP contribution is 2.26. The van der Waals surface area contributed by atoms with Crippen molar-refractivity contribution in [3.8, 4) is 0 Å². The van der Waals surface area contributed by atoms with Gasteiger partial charge in [-0.3, -0.25) is 0 Å². The minimum Gasteiger partial charge on any atom is -0.399 e. The van der Waals surface area contributed by atoms with Crippen LogP contribution >= 0.6 is 0 Å². The van der Waals surface area contributed by atoms with Gasteiger partial charge in [-0.1, -0.05) is 0 Å². The zero-order valence-electron chi connectivity index (χ0n) is 11.6. The summed E-state index contributed by atoms with van der Waals surface area (Å²) in [4.78, 5) is 12.7. The number of likely N-dealkylation sites (N-methyl/N-ethyl adjacent to an activating group) is 1. The third-order valence-corrected chi connectivity index (χ3v) is 3.72. The number of aromatic amines is 1. The number of nitrogen functional groups attached to an aromatic ring is 1. The van der Waals surface area contributed by atoms with Crippen LogP contribution in [0.2, 0.25) is 0 Å². The van der Waals surface area contributed by atoms with E-state index in [1.807, 2.05) is 18.2 Å². The maximum absolute atomic E-state index is 5.81. The molecule has 0 bridgehead atoms. The van der Waals surface area contributed by atoms with Gasteiger partial charge in [0.1, 0.15) is 0 Å². The lowest BCUT2D eigenvalue weighted by Gasteiger charge is -2.26. The Morgan fingerprint density at radius 2 is 2.32 bits per heavy atom. The predicted octanol–water partition coefficient (Wildman–Crippen LogP) is 1.68. The van der Waals surface area contributed by atoms with Gasteiger partial charge in [-0.2, -0.15) is 0 Å². The maximum Gasteiger partial charge on any atom is 0.204 e. The summed E-state index contributed by atoms with van der Waals surface area (Å²) in [6, 6.07) is 6.37. The molecule has 0 spiro atoms. The van der Waals surface area contributed by atoms with Gasteiger partial charge in [-0.15, -0.1) is 0 Å². The van der Waals surface area contributed by atoms with Crippen molar-refractivity contribution < 1.29 is 0 Å². The van der Waals surface area contributed by atoms with Crippen molar-refractivity contribution in [1.82, 2.24) is 14.9 Å². The quantitative estimate of drug-likeness (QED) is 0.823. The van der Waals surface area contributed by atoms with E-state index in [0.717, 1.165) is 35.8 Å². The first-order valence-electron chi connectivity index (χ1n) is 6.80. The molecule has 1 aromatic carbocycles. The number of hydrogen-bond acceptors (Lipinski definition) is 4. The van der Waals surface area contributed by atoms with Crippen LogP contribution in [-0.4, -0.2) is 48.1 Å². The van der Waals surface area contributed by atoms with Gasteiger partial charge in [-0.05, 0) is 45.1 Å². The molecule has 3 rings (SSSR count). The Morgan fingerprint density at radius 1 is 1.47 bits per heavy atom. The van der Waals surface area contributed by atoms with Gasteiger partial charge in [0.2, 0.25) is 5.95 Å². The van der Waals surface area contributed by atoms with Crippen LogP contribution in [0.15, 0.2) is 18.2 Å². The molecule has 5 heteroatoms. The molecule has 0 amide bonds. The van der Waals surface area contributed by atoms with Gasteiger partial charge in [0.25, 0.3) is 0 Å². The van der Waals surface area contributed by atoms with E-state index in [0.29, 0.717) is 6.04 Å². The molecule has 1 fully saturated rings. The molecule has 1 saturated heterocycles. The molecule has 0 aliphatic carbocycles. The number of nitrogens with zero attached hydrogens (tertiary/aromatic N) is 3. The van der Waals surface area contributed by atoms with Crippen LogP contribution in [0.4, 0.5) is 11.6 Å². The lowest BCUT2D eigenvalue weighted by atomic mass is 10.2. The average Bonchev–Trinajstić information content (AvgIpc) is 2.93. The zero-order chi connectivity index (χ0) is 13.4. The van der Waals surface area contributed by atoms with E-state index in [2.05, 4.69) is 33.9 Å². The van der Waals surface area contributed by atoms with Gasteiger partial charge < -0.3 is 20.5 Å². The van der Waals surface area contributed by atoms with Crippen molar-refractivity contribution in [2.75, 3.05) is 37.8 Å². The summed E-state index contributed by atoms with van der Waals surface area (Å²) in [5.74, 6) is 0.977. The molecule has 5 nitrogen and oxygen atoms in total. The largest absolute Gasteiger partial charge is 0.399 e. The van der Waals surface area contributed by atoms with E-state index < -0.39 is 0 Å². The Hall–Kier alpha value is -1.75. The molecule has 2 heterocycles. The molecule has 1 aromatic heterocycles. The molecule has 1 atom stereocenters. The van der Waals surface area contributed by atoms with Crippen molar-refractivity contribution in [2.45, 2.75) is 18.9 Å². The first-order valence-corrected chi connectivity index (χ1v) is 6.80. The Morgan fingerprint density at radius 3 is 3.11 bits per heavy atom. The molecule has 1 aliphatic heterocycles. The lowest BCUT2D eigenvalue weighted by Crippen LogP contribution is -2.38. The smallest absolute Gasteiger partial charge is 0.204 e. The Labute approximate surface area is 113 Å². The summed E-state index contributed by atoms with van der Waals surface area (Å²) >= 11 is 0. The number of H-pyrrole nitrogens is 1. The Balaban J connectivity index is 1.90. The fourth-order valence-corrected chi connectivity index (χ4v) is 2.88. The van der Waals surface area contributed by atoms with Crippen molar-refractivity contribution in [1.29, 1.82) is 0 Å². The molecule has 0 radical (unpaired) electrons. The molecule has 1 aliphatic rings. The van der Waals surface area contributed by atoms with Gasteiger partial charge in [-0.25, -0.2) is 4.98 Å². The number of benzene rings is 1. The first kappa shape index (κ1) is 12.3. The molecular formula is C14H21N5. The van der Waals surface area contributed by atoms with Gasteiger partial charge >= 0.3 is 0 Å². The van der Waals surface area contributed by atoms with Gasteiger partial charge in [0.05, 0.1) is 11.0 Å². The summed E-state index contributed by atoms with van der Waals surface area (Å²) in [5.41, 5.74) is 8.59. The summed E-state index contributed by atoms with van der Waals surface area (Å²) < 4.78 is 0. The van der Waals surface area contributed by atoms with E-state index in [1.165, 1.54) is 12.8 Å². The molecule has 3 N–H and O–H groups in total. The maximum atomic E-state index is 5.81. The topological polar surface area (TPSA) is 61.2 Å². The number of aromatic nitrogens is 2. The van der Waals surface area contributed by atoms with E-state index in [1.54, 1.807) is 0 Å². The standard InChI is InChI=1S/C14H21N5/c1-18(2)9-11-4-3-7-19(11)14-16-12-6-5-10(15)8-13(12)17-14/h5-6,8,11H,3-4,7,9,15H2,1-2H3,(H,16,17). The third kappa shape index (κ3) is 2.38. The minimum absolute atomic E-state index is 0.549. The SMILES string of the molecule is CN(C)CC1CCCN1c1nc2ccc(N)cc2[nH]1. The second-order valence-corrected chi connectivity index (χ2v) is 5.59. The predicted molar refractivity (Wildman–Crippen MR) is 79.4 cm³/mol. The number of hydrogen-bond donors (Lipinski definition) is 2. The number of nitrogens with one attached hydrogen (secondary N) is 1. The van der Waals surface area contributed by atoms with Gasteiger partial charge in [0.15, 0.2) is 0 Å². The lowest BCUT2D eigenvalue weighted by molar-refractivity contribution is 0.371. The fraction of sp³-hybridized carbons (Fsp3) is 0.500. The van der Waals surface area contributed by atoms with E-state index in [4.69, 9.17) is 5.73 Å². The second-order valence-electron chi connectivity index (χ2n) is 5.59. The van der Waals surface area contributed by atoms with E-state index in [-0.39, 0.29) is 0 Å². The molecule has 1 unspecified atom stereocenters. The van der Waals surface area contributed by atoms with E-state index in [9.17, 15) is 0 Å². The minimum atomic E-state index is 0.549. The highest BCUT2D eigenvalue weighted by atomic mass is 15.3. The van der Waals surface area contributed by atoms with Crippen LogP contribution in [0.3, 0.4) is 0 Å². The normalized spacial score (nSPS) is 19.7. The average molecular weight is 259 g/mol. The molecule has 102 valence electrons. The van der Waals surface area contributed by atoms with Gasteiger partial charge in [0, 0.05) is 24.8 Å².